The Labute approximate surface area is 135 Å². The van der Waals surface area contributed by atoms with Crippen molar-refractivity contribution in [3.05, 3.63) is 59.9 Å². The number of carbonyl (C=O) groups is 1. The summed E-state index contributed by atoms with van der Waals surface area (Å²) in [5, 5.41) is 2.90. The van der Waals surface area contributed by atoms with Gasteiger partial charge in [0.2, 0.25) is 0 Å². The van der Waals surface area contributed by atoms with E-state index < -0.39 is 0 Å². The standard InChI is InChI=1S/C18H20N4O/c1-12-11-13(8-9-19-12)20-16(23)15-14-7-5-6-10-22(14)17(21-15)18(2,3)4/h5-11H,1-4H3,(H,19,20,23). The molecule has 0 spiro atoms. The van der Waals surface area contributed by atoms with E-state index in [9.17, 15) is 4.79 Å². The summed E-state index contributed by atoms with van der Waals surface area (Å²) in [5.74, 6) is 0.652. The Morgan fingerprint density at radius 3 is 2.70 bits per heavy atom. The summed E-state index contributed by atoms with van der Waals surface area (Å²) in [6.45, 7) is 8.15. The van der Waals surface area contributed by atoms with Crippen molar-refractivity contribution in [2.75, 3.05) is 5.32 Å². The van der Waals surface area contributed by atoms with Crippen LogP contribution in [0.4, 0.5) is 5.69 Å². The van der Waals surface area contributed by atoms with Gasteiger partial charge in [0, 0.05) is 29.2 Å². The first-order valence-electron chi connectivity index (χ1n) is 7.58. The highest BCUT2D eigenvalue weighted by Crippen LogP contribution is 2.25. The summed E-state index contributed by atoms with van der Waals surface area (Å²) in [7, 11) is 0. The van der Waals surface area contributed by atoms with Crippen LogP contribution < -0.4 is 5.32 Å². The molecule has 5 heteroatoms. The Hall–Kier alpha value is -2.69. The molecule has 0 atom stereocenters. The molecule has 1 N–H and O–H groups in total. The van der Waals surface area contributed by atoms with Crippen molar-refractivity contribution in [2.24, 2.45) is 0 Å². The van der Waals surface area contributed by atoms with Crippen LogP contribution in [0.5, 0.6) is 0 Å². The number of hydrogen-bond donors (Lipinski definition) is 1. The maximum Gasteiger partial charge on any atom is 0.276 e. The fourth-order valence-corrected chi connectivity index (χ4v) is 2.55. The number of imidazole rings is 1. The van der Waals surface area contributed by atoms with Gasteiger partial charge in [-0.15, -0.1) is 0 Å². The maximum absolute atomic E-state index is 12.7. The van der Waals surface area contributed by atoms with Crippen LogP contribution in [0, 0.1) is 6.92 Å². The van der Waals surface area contributed by atoms with E-state index in [1.165, 1.54) is 0 Å². The van der Waals surface area contributed by atoms with Crippen LogP contribution in [0.15, 0.2) is 42.7 Å². The van der Waals surface area contributed by atoms with Crippen molar-refractivity contribution in [1.29, 1.82) is 0 Å². The molecule has 0 saturated carbocycles. The number of nitrogens with one attached hydrogen (secondary N) is 1. The molecule has 3 rings (SSSR count). The van der Waals surface area contributed by atoms with Gasteiger partial charge in [-0.3, -0.25) is 9.78 Å². The molecule has 0 aromatic carbocycles. The first kappa shape index (κ1) is 15.2. The molecule has 23 heavy (non-hydrogen) atoms. The second kappa shape index (κ2) is 5.50. The third-order valence-electron chi connectivity index (χ3n) is 3.59. The number of aromatic nitrogens is 3. The highest BCUT2D eigenvalue weighted by atomic mass is 16.1. The lowest BCUT2D eigenvalue weighted by Gasteiger charge is -2.16. The fraction of sp³-hybridized carbons (Fsp3) is 0.278. The first-order valence-corrected chi connectivity index (χ1v) is 7.58. The third kappa shape index (κ3) is 2.95. The number of carbonyl (C=O) groups excluding carboxylic acids is 1. The molecule has 1 amide bonds. The summed E-state index contributed by atoms with van der Waals surface area (Å²) in [6, 6.07) is 9.37. The van der Waals surface area contributed by atoms with Gasteiger partial charge in [0.05, 0.1) is 5.52 Å². The molecular weight excluding hydrogens is 288 g/mol. The number of anilines is 1. The van der Waals surface area contributed by atoms with Crippen LogP contribution in [0.25, 0.3) is 5.52 Å². The van der Waals surface area contributed by atoms with Crippen LogP contribution in [0.2, 0.25) is 0 Å². The average molecular weight is 308 g/mol. The summed E-state index contributed by atoms with van der Waals surface area (Å²) in [5.41, 5.74) is 2.66. The summed E-state index contributed by atoms with van der Waals surface area (Å²) in [6.07, 6.45) is 3.62. The molecule has 3 aromatic heterocycles. The number of hydrogen-bond acceptors (Lipinski definition) is 3. The molecule has 0 aliphatic rings. The minimum absolute atomic E-state index is 0.157. The average Bonchev–Trinajstić information content (AvgIpc) is 2.87. The Morgan fingerprint density at radius 1 is 1.22 bits per heavy atom. The van der Waals surface area contributed by atoms with Gasteiger partial charge in [0.1, 0.15) is 5.82 Å². The number of pyridine rings is 2. The molecule has 0 bridgehead atoms. The Morgan fingerprint density at radius 2 is 2.00 bits per heavy atom. The van der Waals surface area contributed by atoms with Crippen LogP contribution in [0.3, 0.4) is 0 Å². The minimum atomic E-state index is -0.213. The number of fused-ring (bicyclic) bond motifs is 1. The number of amides is 1. The number of aryl methyl sites for hydroxylation is 1. The fourth-order valence-electron chi connectivity index (χ4n) is 2.55. The van der Waals surface area contributed by atoms with Crippen LogP contribution in [0.1, 0.15) is 42.8 Å². The van der Waals surface area contributed by atoms with E-state index in [1.807, 2.05) is 41.8 Å². The highest BCUT2D eigenvalue weighted by Gasteiger charge is 2.25. The lowest BCUT2D eigenvalue weighted by atomic mass is 9.96. The lowest BCUT2D eigenvalue weighted by molar-refractivity contribution is 0.102. The zero-order valence-electron chi connectivity index (χ0n) is 13.8. The number of nitrogens with zero attached hydrogens (tertiary/aromatic N) is 3. The van der Waals surface area contributed by atoms with Crippen LogP contribution >= 0.6 is 0 Å². The molecule has 0 aliphatic carbocycles. The molecule has 0 radical (unpaired) electrons. The van der Waals surface area contributed by atoms with Crippen molar-refractivity contribution in [3.63, 3.8) is 0 Å². The van der Waals surface area contributed by atoms with Gasteiger partial charge in [0.25, 0.3) is 5.91 Å². The molecule has 3 aromatic rings. The van der Waals surface area contributed by atoms with E-state index in [2.05, 4.69) is 36.1 Å². The van der Waals surface area contributed by atoms with Crippen molar-refractivity contribution >= 4 is 17.1 Å². The van der Waals surface area contributed by atoms with Gasteiger partial charge >= 0.3 is 0 Å². The quantitative estimate of drug-likeness (QED) is 0.787. The van der Waals surface area contributed by atoms with E-state index in [-0.39, 0.29) is 11.3 Å². The molecule has 0 unspecified atom stereocenters. The maximum atomic E-state index is 12.7. The van der Waals surface area contributed by atoms with Gasteiger partial charge < -0.3 is 9.72 Å². The predicted molar refractivity (Wildman–Crippen MR) is 90.8 cm³/mol. The van der Waals surface area contributed by atoms with Gasteiger partial charge in [-0.25, -0.2) is 4.98 Å². The molecule has 0 saturated heterocycles. The molecule has 0 aliphatic heterocycles. The van der Waals surface area contributed by atoms with E-state index in [4.69, 9.17) is 0 Å². The Kier molecular flexibility index (Phi) is 3.64. The minimum Gasteiger partial charge on any atom is -0.320 e. The Balaban J connectivity index is 2.04. The summed E-state index contributed by atoms with van der Waals surface area (Å²) in [4.78, 5) is 21.4. The van der Waals surface area contributed by atoms with E-state index >= 15 is 0 Å². The third-order valence-corrected chi connectivity index (χ3v) is 3.59. The van der Waals surface area contributed by atoms with Gasteiger partial charge in [-0.05, 0) is 31.2 Å². The van der Waals surface area contributed by atoms with Gasteiger partial charge in [0.15, 0.2) is 5.69 Å². The topological polar surface area (TPSA) is 59.3 Å². The lowest BCUT2D eigenvalue weighted by Crippen LogP contribution is -2.16. The largest absolute Gasteiger partial charge is 0.320 e. The van der Waals surface area contributed by atoms with E-state index in [0.29, 0.717) is 5.69 Å². The van der Waals surface area contributed by atoms with E-state index in [0.717, 1.165) is 22.7 Å². The van der Waals surface area contributed by atoms with Crippen molar-refractivity contribution < 1.29 is 4.79 Å². The number of rotatable bonds is 2. The molecular formula is C18H20N4O. The zero-order chi connectivity index (χ0) is 16.6. The second-order valence-electron chi connectivity index (χ2n) is 6.63. The smallest absolute Gasteiger partial charge is 0.276 e. The second-order valence-corrected chi connectivity index (χ2v) is 6.63. The molecule has 3 heterocycles. The van der Waals surface area contributed by atoms with Crippen LogP contribution in [-0.2, 0) is 5.41 Å². The predicted octanol–water partition coefficient (Wildman–Crippen LogP) is 3.59. The van der Waals surface area contributed by atoms with Crippen molar-refractivity contribution in [1.82, 2.24) is 14.4 Å². The van der Waals surface area contributed by atoms with Crippen molar-refractivity contribution in [2.45, 2.75) is 33.1 Å². The van der Waals surface area contributed by atoms with Gasteiger partial charge in [-0.2, -0.15) is 0 Å². The summed E-state index contributed by atoms with van der Waals surface area (Å²) >= 11 is 0. The Bertz CT molecular complexity index is 874. The molecule has 0 fully saturated rings. The normalized spacial score (nSPS) is 11.7. The van der Waals surface area contributed by atoms with E-state index in [1.54, 1.807) is 12.3 Å². The molecule has 118 valence electrons. The highest BCUT2D eigenvalue weighted by molar-refractivity contribution is 6.07. The SMILES string of the molecule is Cc1cc(NC(=O)c2nc(C(C)(C)C)n3ccccc23)ccn1. The summed E-state index contributed by atoms with van der Waals surface area (Å²) < 4.78 is 1.98. The zero-order valence-corrected chi connectivity index (χ0v) is 13.8. The first-order chi connectivity index (χ1) is 10.9. The van der Waals surface area contributed by atoms with Crippen molar-refractivity contribution in [3.8, 4) is 0 Å². The van der Waals surface area contributed by atoms with Crippen LogP contribution in [-0.4, -0.2) is 20.3 Å². The monoisotopic (exact) mass is 308 g/mol. The molecule has 5 nitrogen and oxygen atoms in total. The van der Waals surface area contributed by atoms with Gasteiger partial charge in [-0.1, -0.05) is 26.8 Å².